The molecule has 5 atom stereocenters. The smallest absolute Gasteiger partial charge is 0.235 e. The molecular weight excluding hydrogens is 452 g/mol. The second kappa shape index (κ2) is 8.26. The van der Waals surface area contributed by atoms with E-state index in [9.17, 15) is 34.2 Å². The van der Waals surface area contributed by atoms with Crippen LogP contribution in [0.2, 0.25) is 0 Å². The van der Waals surface area contributed by atoms with Crippen LogP contribution in [0.5, 0.6) is 5.75 Å². The van der Waals surface area contributed by atoms with Crippen molar-refractivity contribution in [1.29, 1.82) is 0 Å². The number of carbonyl (C=O) groups is 5. The van der Waals surface area contributed by atoms with E-state index in [1.54, 1.807) is 6.07 Å². The number of benzene rings is 1. The largest absolute Gasteiger partial charge is 0.507 e. The zero-order valence-electron chi connectivity index (χ0n) is 19.6. The second-order valence-corrected chi connectivity index (χ2v) is 10.8. The van der Waals surface area contributed by atoms with Crippen LogP contribution in [0.1, 0.15) is 61.4 Å². The molecule has 0 aromatic heterocycles. The number of aliphatic hydroxyl groups is 1. The van der Waals surface area contributed by atoms with E-state index in [0.29, 0.717) is 11.5 Å². The number of primary amides is 1. The summed E-state index contributed by atoms with van der Waals surface area (Å²) < 4.78 is 0. The number of Topliss-reactive ketones (excluding diaryl/α,β-unsaturated/α-hetero) is 4. The first-order valence-electron chi connectivity index (χ1n) is 12.3. The molecule has 4 aliphatic carbocycles. The molecule has 0 spiro atoms. The van der Waals surface area contributed by atoms with Gasteiger partial charge in [0.05, 0.1) is 11.5 Å². The Hall–Kier alpha value is -3.07. The minimum atomic E-state index is -2.62. The molecule has 0 aliphatic heterocycles. The molecule has 5 N–H and O–H groups in total. The Balaban J connectivity index is 1.50. The lowest BCUT2D eigenvalue weighted by atomic mass is 9.54. The summed E-state index contributed by atoms with van der Waals surface area (Å²) in [4.78, 5) is 64.3. The van der Waals surface area contributed by atoms with E-state index in [1.165, 1.54) is 6.07 Å². The average Bonchev–Trinajstić information content (AvgIpc) is 2.79. The predicted octanol–water partition coefficient (Wildman–Crippen LogP) is 1.32. The van der Waals surface area contributed by atoms with Crippen LogP contribution in [0.25, 0.3) is 0 Å². The standard InChI is InChI=1S/C26H30N2O7/c1-11-2-4-14(5-3-11)28-16-6-7-17(29)20-15(16)9-12-8-13-10-18(30)21(25(27)34)24(33)26(13,35)23(32)19(12)22(20)31/h6-7,11-14,19,21,28-29,35H,2-5,8-10H2,1H3,(H2,27,34)/t11?,12-,13+,14?,19?,21?,26+/m1/s1. The van der Waals surface area contributed by atoms with Gasteiger partial charge in [-0.25, -0.2) is 0 Å². The Morgan fingerprint density at radius 3 is 2.40 bits per heavy atom. The maximum absolute atomic E-state index is 13.6. The molecule has 9 nitrogen and oxygen atoms in total. The van der Waals surface area contributed by atoms with Crippen molar-refractivity contribution in [1.82, 2.24) is 0 Å². The van der Waals surface area contributed by atoms with Crippen molar-refractivity contribution >= 4 is 34.7 Å². The number of anilines is 1. The molecule has 0 heterocycles. The van der Waals surface area contributed by atoms with E-state index in [4.69, 9.17) is 5.73 Å². The molecule has 5 rings (SSSR count). The summed E-state index contributed by atoms with van der Waals surface area (Å²) in [6, 6.07) is 3.40. The number of aromatic hydroxyl groups is 1. The van der Waals surface area contributed by atoms with Crippen LogP contribution in [0, 0.1) is 29.6 Å². The van der Waals surface area contributed by atoms with Gasteiger partial charge in [-0.1, -0.05) is 6.92 Å². The van der Waals surface area contributed by atoms with E-state index in [2.05, 4.69) is 12.2 Å². The molecule has 35 heavy (non-hydrogen) atoms. The van der Waals surface area contributed by atoms with E-state index in [-0.39, 0.29) is 36.6 Å². The van der Waals surface area contributed by atoms with Gasteiger partial charge in [0.25, 0.3) is 0 Å². The Kier molecular flexibility index (Phi) is 5.58. The maximum Gasteiger partial charge on any atom is 0.235 e. The van der Waals surface area contributed by atoms with Gasteiger partial charge >= 0.3 is 0 Å². The average molecular weight is 483 g/mol. The van der Waals surface area contributed by atoms with E-state index in [1.807, 2.05) is 0 Å². The summed E-state index contributed by atoms with van der Waals surface area (Å²) in [5.74, 6) is -9.19. The van der Waals surface area contributed by atoms with Crippen molar-refractivity contribution in [3.05, 3.63) is 23.3 Å². The molecule has 0 bridgehead atoms. The monoisotopic (exact) mass is 482 g/mol. The molecule has 9 heteroatoms. The number of ketones is 4. The highest BCUT2D eigenvalue weighted by Crippen LogP contribution is 2.50. The molecule has 0 saturated heterocycles. The van der Waals surface area contributed by atoms with E-state index in [0.717, 1.165) is 31.4 Å². The number of nitrogens with one attached hydrogen (secondary N) is 1. The second-order valence-electron chi connectivity index (χ2n) is 10.8. The van der Waals surface area contributed by atoms with Crippen LogP contribution in [0.4, 0.5) is 5.69 Å². The number of nitrogens with two attached hydrogens (primary N) is 1. The minimum Gasteiger partial charge on any atom is -0.507 e. The first-order valence-corrected chi connectivity index (χ1v) is 12.3. The minimum absolute atomic E-state index is 0.0293. The summed E-state index contributed by atoms with van der Waals surface area (Å²) in [6.45, 7) is 2.23. The fraction of sp³-hybridized carbons (Fsp3) is 0.577. The fourth-order valence-corrected chi connectivity index (χ4v) is 6.73. The number of hydrogen-bond acceptors (Lipinski definition) is 8. The van der Waals surface area contributed by atoms with Crippen LogP contribution in [0.15, 0.2) is 12.1 Å². The summed E-state index contributed by atoms with van der Waals surface area (Å²) in [5.41, 5.74) is 3.98. The number of hydrogen-bond donors (Lipinski definition) is 4. The SMILES string of the molecule is CC1CCC(Nc2ccc(O)c3c2C[C@H]2C[C@H]4CC(=O)C(C(N)=O)C(=O)[C@@]4(O)C(=O)C2C3=O)CC1. The van der Waals surface area contributed by atoms with Gasteiger partial charge in [-0.2, -0.15) is 0 Å². The summed E-state index contributed by atoms with van der Waals surface area (Å²) in [6.07, 6.45) is 4.24. The van der Waals surface area contributed by atoms with E-state index >= 15 is 0 Å². The van der Waals surface area contributed by atoms with Crippen LogP contribution >= 0.6 is 0 Å². The summed E-state index contributed by atoms with van der Waals surface area (Å²) >= 11 is 0. The molecule has 1 amide bonds. The molecule has 0 radical (unpaired) electrons. The Labute approximate surface area is 202 Å². The number of fused-ring (bicyclic) bond motifs is 3. The number of phenolic OH excluding ortho intramolecular Hbond substituents is 1. The first kappa shape index (κ1) is 23.7. The van der Waals surface area contributed by atoms with Gasteiger partial charge in [-0.05, 0) is 68.1 Å². The fourth-order valence-electron chi connectivity index (χ4n) is 6.73. The Morgan fingerprint density at radius 2 is 1.74 bits per heavy atom. The predicted molar refractivity (Wildman–Crippen MR) is 124 cm³/mol. The van der Waals surface area contributed by atoms with Gasteiger partial charge in [0.15, 0.2) is 34.7 Å². The topological polar surface area (TPSA) is 164 Å². The van der Waals surface area contributed by atoms with Crippen molar-refractivity contribution in [3.8, 4) is 5.75 Å². The summed E-state index contributed by atoms with van der Waals surface area (Å²) in [7, 11) is 0. The van der Waals surface area contributed by atoms with Crippen molar-refractivity contribution < 1.29 is 34.2 Å². The zero-order chi connectivity index (χ0) is 25.2. The van der Waals surface area contributed by atoms with Crippen LogP contribution in [0.3, 0.4) is 0 Å². The zero-order valence-corrected chi connectivity index (χ0v) is 19.6. The molecule has 4 aliphatic rings. The highest BCUT2D eigenvalue weighted by atomic mass is 16.3. The van der Waals surface area contributed by atoms with Crippen molar-refractivity contribution in [2.24, 2.45) is 35.3 Å². The van der Waals surface area contributed by atoms with Crippen molar-refractivity contribution in [2.75, 3.05) is 5.32 Å². The third-order valence-corrected chi connectivity index (χ3v) is 8.66. The molecule has 186 valence electrons. The van der Waals surface area contributed by atoms with Gasteiger partial charge < -0.3 is 21.3 Å². The van der Waals surface area contributed by atoms with Gasteiger partial charge in [0, 0.05) is 24.1 Å². The van der Waals surface area contributed by atoms with Crippen molar-refractivity contribution in [3.63, 3.8) is 0 Å². The lowest BCUT2D eigenvalue weighted by Crippen LogP contribution is -2.68. The number of amides is 1. The molecule has 1 aromatic carbocycles. The third-order valence-electron chi connectivity index (χ3n) is 8.66. The van der Waals surface area contributed by atoms with Gasteiger partial charge in [0.1, 0.15) is 5.75 Å². The quantitative estimate of drug-likeness (QED) is 0.370. The van der Waals surface area contributed by atoms with Crippen molar-refractivity contribution in [2.45, 2.75) is 63.5 Å². The van der Waals surface area contributed by atoms with Gasteiger partial charge in [-0.3, -0.25) is 24.0 Å². The summed E-state index contributed by atoms with van der Waals surface area (Å²) in [5, 5.41) is 25.3. The number of carbonyl (C=O) groups excluding carboxylic acids is 5. The number of rotatable bonds is 3. The van der Waals surface area contributed by atoms with Crippen LogP contribution in [-0.2, 0) is 25.6 Å². The van der Waals surface area contributed by atoms with Crippen LogP contribution < -0.4 is 11.1 Å². The third kappa shape index (κ3) is 3.51. The van der Waals surface area contributed by atoms with Gasteiger partial charge in [-0.15, -0.1) is 0 Å². The molecule has 2 unspecified atom stereocenters. The maximum atomic E-state index is 13.6. The van der Waals surface area contributed by atoms with Gasteiger partial charge in [0.2, 0.25) is 5.91 Å². The Bertz CT molecular complexity index is 1150. The normalized spacial score (nSPS) is 36.7. The lowest BCUT2D eigenvalue weighted by molar-refractivity contribution is -0.175. The first-order chi connectivity index (χ1) is 16.5. The lowest BCUT2D eigenvalue weighted by Gasteiger charge is -2.48. The molecule has 1 aromatic rings. The Morgan fingerprint density at radius 1 is 1.06 bits per heavy atom. The molecular formula is C26H30N2O7. The van der Waals surface area contributed by atoms with E-state index < -0.39 is 58.3 Å². The van der Waals surface area contributed by atoms with Crippen LogP contribution in [-0.4, -0.2) is 50.9 Å². The highest BCUT2D eigenvalue weighted by molar-refractivity contribution is 6.31. The number of phenols is 1. The molecule has 3 fully saturated rings. The highest BCUT2D eigenvalue weighted by Gasteiger charge is 2.66. The molecule has 3 saturated carbocycles.